The van der Waals surface area contributed by atoms with Crippen LogP contribution in [0.2, 0.25) is 0 Å². The number of nitrogens with zero attached hydrogens (tertiary/aromatic N) is 7. The molecule has 2 fully saturated rings. The predicted molar refractivity (Wildman–Crippen MR) is 296 cm³/mol. The zero-order chi connectivity index (χ0) is 61.9. The Hall–Kier alpha value is -12.2. The van der Waals surface area contributed by atoms with Gasteiger partial charge in [-0.1, -0.05) is 18.2 Å². The summed E-state index contributed by atoms with van der Waals surface area (Å²) in [7, 11) is 3.62. The number of hydrogen-bond donors (Lipinski definition) is 16. The molecule has 2 aromatic carbocycles. The van der Waals surface area contributed by atoms with Crippen molar-refractivity contribution in [1.82, 2.24) is 45.4 Å². The summed E-state index contributed by atoms with van der Waals surface area (Å²) >= 11 is 0. The molecule has 33 heteroatoms. The van der Waals surface area contributed by atoms with Crippen molar-refractivity contribution in [3.63, 3.8) is 0 Å². The Morgan fingerprint density at radius 3 is 1.16 bits per heavy atom. The lowest BCUT2D eigenvalue weighted by molar-refractivity contribution is 0.0967. The Morgan fingerprint density at radius 1 is 0.531 bits per heavy atom. The number of aromatic amines is 2. The van der Waals surface area contributed by atoms with Gasteiger partial charge in [-0.25, -0.2) is 14.4 Å². The number of aromatic nitrogens is 5. The predicted octanol–water partition coefficient (Wildman–Crippen LogP) is -3.12. The van der Waals surface area contributed by atoms with Gasteiger partial charge in [-0.05, 0) is 72.8 Å². The zero-order valence-corrected chi connectivity index (χ0v) is 43.6. The Bertz CT molecular complexity index is 2830. The maximum absolute atomic E-state index is 10.8. The van der Waals surface area contributed by atoms with Crippen LogP contribution in [0, 0.1) is 16.9 Å². The second-order valence-electron chi connectivity index (χ2n) is 14.7. The summed E-state index contributed by atoms with van der Waals surface area (Å²) in [5, 5.41) is 18.8. The highest BCUT2D eigenvalue weighted by atomic mass is 16.2. The number of nitrogens with one attached hydrogen (secondary N) is 5. The number of benzene rings is 2. The van der Waals surface area contributed by atoms with Gasteiger partial charge in [0.15, 0.2) is 5.96 Å². The molecular weight excluding hydrogens is 1060 g/mol. The molecule has 11 amide bonds. The van der Waals surface area contributed by atoms with Crippen molar-refractivity contribution >= 4 is 65.3 Å². The summed E-state index contributed by atoms with van der Waals surface area (Å²) in [6.07, 6.45) is 12.1. The van der Waals surface area contributed by atoms with Crippen LogP contribution in [0.4, 0.5) is 9.59 Å². The van der Waals surface area contributed by atoms with Crippen LogP contribution < -0.4 is 79.4 Å². The monoisotopic (exact) mass is 1120 g/mol. The van der Waals surface area contributed by atoms with Crippen LogP contribution in [0.15, 0.2) is 144 Å². The number of rotatable bonds is 7. The largest absolute Gasteiger partial charge is 0.370 e. The third-order valence-electron chi connectivity index (χ3n) is 8.55. The van der Waals surface area contributed by atoms with Crippen molar-refractivity contribution in [2.24, 2.45) is 68.1 Å². The van der Waals surface area contributed by atoms with Crippen LogP contribution >= 0.6 is 0 Å². The number of pyridine rings is 3. The number of nitrogens with two attached hydrogens (primary N) is 11. The van der Waals surface area contributed by atoms with E-state index in [1.807, 2.05) is 14.1 Å². The molecule has 2 saturated heterocycles. The van der Waals surface area contributed by atoms with Gasteiger partial charge in [0.2, 0.25) is 47.6 Å². The standard InChI is InChI=1S/2C8H8N2O2.3C6H6N2O.C5H10N2O.C3H6N2O.C3H4N2O.C2H4N4.CH5N3/c9-7(11)5-1-2-6(4-3-5)8(10)12;9-7(11)5-3-1-2-4-6(5)8(10)12;7-6(9)5-1-3-8-4-2-5;7-6(9)5-2-1-3-8-4-5;7-6(9)5-3-1-2-4-8-5;1-6-3-4-7(2)5(6)8;2*6-3-4-1-2-5-3;3-1-6-2(4)5;2-1(3)4/h2*1-4H,(H2,9,11)(H2,10,12);3*1-4H,(H2,7,9);3-4H2,1-2H3;1-2H2,(H2,4,5,6);1-2H,(H2,4,5,6);(H4,4,5,6);(H5,2,3,4). The van der Waals surface area contributed by atoms with Crippen molar-refractivity contribution in [3.05, 3.63) is 184 Å². The fourth-order valence-electron chi connectivity index (χ4n) is 4.78. The van der Waals surface area contributed by atoms with E-state index in [1.54, 1.807) is 83.0 Å². The minimum atomic E-state index is -0.649. The molecule has 430 valence electrons. The van der Waals surface area contributed by atoms with Gasteiger partial charge < -0.3 is 93.5 Å². The molecule has 2 aliphatic heterocycles. The number of primary amides is 7. The molecule has 0 aliphatic carbocycles. The number of nitriles is 1. The van der Waals surface area contributed by atoms with Crippen LogP contribution in [0.5, 0.6) is 0 Å². The molecule has 8 rings (SSSR count). The SMILES string of the molecule is CN1CCN(C)C1=O.N#CN=C(N)N.N=C(N)N.NC(=O)c1ccc(C(N)=O)cc1.NC(=O)c1ccccc1C(N)=O.NC(=O)c1ccccn1.NC(=O)c1cccnc1.NC(=O)c1ccncc1.O=C1NCCN1.O=c1[nH]cc[nH]1. The van der Waals surface area contributed by atoms with E-state index >= 15 is 0 Å². The first-order chi connectivity index (χ1) is 38.2. The summed E-state index contributed by atoms with van der Waals surface area (Å²) in [4.78, 5) is 127. The van der Waals surface area contributed by atoms with Crippen LogP contribution in [-0.4, -0.2) is 140 Å². The third kappa shape index (κ3) is 35.6. The molecule has 81 heavy (non-hydrogen) atoms. The number of aliphatic imine (C=N–C) groups is 1. The van der Waals surface area contributed by atoms with Crippen molar-refractivity contribution in [3.8, 4) is 6.19 Å². The van der Waals surface area contributed by atoms with Gasteiger partial charge in [-0.2, -0.15) is 5.26 Å². The number of likely N-dealkylation sites (N-methyl/N-ethyl adjacent to an activating group) is 2. The molecule has 0 spiro atoms. The lowest BCUT2D eigenvalue weighted by Crippen LogP contribution is -2.25. The second-order valence-corrected chi connectivity index (χ2v) is 14.7. The molecule has 27 N–H and O–H groups in total. The van der Waals surface area contributed by atoms with Gasteiger partial charge in [0.25, 0.3) is 5.91 Å². The molecule has 6 heterocycles. The van der Waals surface area contributed by atoms with E-state index in [-0.39, 0.29) is 40.8 Å². The summed E-state index contributed by atoms with van der Waals surface area (Å²) in [5.74, 6) is -4.22. The van der Waals surface area contributed by atoms with Crippen molar-refractivity contribution in [2.45, 2.75) is 0 Å². The van der Waals surface area contributed by atoms with Gasteiger partial charge in [0, 0.05) is 100 Å². The minimum absolute atomic E-state index is 0.0463. The van der Waals surface area contributed by atoms with Crippen molar-refractivity contribution < 1.29 is 43.2 Å². The van der Waals surface area contributed by atoms with E-state index < -0.39 is 41.4 Å². The highest BCUT2D eigenvalue weighted by molar-refractivity contribution is 6.06. The maximum atomic E-state index is 10.8. The molecule has 0 atom stereocenters. The Morgan fingerprint density at radius 2 is 0.951 bits per heavy atom. The number of carbonyl (C=O) groups is 9. The molecule has 0 bridgehead atoms. The zero-order valence-electron chi connectivity index (χ0n) is 43.6. The number of urea groups is 2. The van der Waals surface area contributed by atoms with Gasteiger partial charge in [-0.15, -0.1) is 4.99 Å². The lowest BCUT2D eigenvalue weighted by Gasteiger charge is -2.07. The highest BCUT2D eigenvalue weighted by Gasteiger charge is 2.20. The van der Waals surface area contributed by atoms with Gasteiger partial charge in [0.05, 0.1) is 16.7 Å². The van der Waals surface area contributed by atoms with E-state index in [0.717, 1.165) is 26.2 Å². The van der Waals surface area contributed by atoms with Crippen LogP contribution in [0.1, 0.15) is 72.6 Å². The van der Waals surface area contributed by atoms with Gasteiger partial charge >= 0.3 is 17.8 Å². The van der Waals surface area contributed by atoms with Gasteiger partial charge in [-0.3, -0.25) is 53.9 Å². The average molecular weight is 1120 g/mol. The summed E-state index contributed by atoms with van der Waals surface area (Å²) < 4.78 is 0. The third-order valence-corrected chi connectivity index (χ3v) is 8.55. The minimum Gasteiger partial charge on any atom is -0.370 e. The molecule has 4 aromatic heterocycles. The quantitative estimate of drug-likeness (QED) is 0.0427. The molecule has 0 unspecified atom stereocenters. The first-order valence-corrected chi connectivity index (χ1v) is 22.4. The summed E-state index contributed by atoms with van der Waals surface area (Å²) in [6.45, 7) is 3.29. The second kappa shape index (κ2) is 41.1. The molecule has 0 radical (unpaired) electrons. The fourth-order valence-corrected chi connectivity index (χ4v) is 4.78. The lowest BCUT2D eigenvalue weighted by atomic mass is 10.1. The molecular formula is C48H63N23O10. The van der Waals surface area contributed by atoms with Crippen molar-refractivity contribution in [1.29, 1.82) is 10.7 Å². The van der Waals surface area contributed by atoms with E-state index in [0.29, 0.717) is 27.9 Å². The number of amides is 11. The topological polar surface area (TPSA) is 618 Å². The number of guanidine groups is 2. The van der Waals surface area contributed by atoms with E-state index in [4.69, 9.17) is 62.3 Å². The first-order valence-electron chi connectivity index (χ1n) is 22.4. The number of imidazole rings is 1. The molecule has 6 aromatic rings. The Kier molecular flexibility index (Phi) is 35.9. The first kappa shape index (κ1) is 70.8. The smallest absolute Gasteiger partial charge is 0.322 e. The number of carbonyl (C=O) groups excluding carboxylic acids is 9. The molecule has 2 aliphatic rings. The summed E-state index contributed by atoms with van der Waals surface area (Å²) in [5.41, 5.74) is 55.3. The van der Waals surface area contributed by atoms with E-state index in [2.05, 4.69) is 52.0 Å². The maximum Gasteiger partial charge on any atom is 0.322 e. The van der Waals surface area contributed by atoms with Crippen LogP contribution in [-0.2, 0) is 0 Å². The number of H-pyrrole nitrogens is 2. The fraction of sp³-hybridized carbons (Fsp3) is 0.125. The van der Waals surface area contributed by atoms with Crippen LogP contribution in [0.3, 0.4) is 0 Å². The normalized spacial score (nSPS) is 10.6. The Labute approximate surface area is 461 Å². The van der Waals surface area contributed by atoms with E-state index in [1.165, 1.54) is 67.4 Å². The van der Waals surface area contributed by atoms with E-state index in [9.17, 15) is 47.9 Å². The highest BCUT2D eigenvalue weighted by Crippen LogP contribution is 2.06. The summed E-state index contributed by atoms with van der Waals surface area (Å²) in [6, 6.07) is 23.5. The van der Waals surface area contributed by atoms with Crippen molar-refractivity contribution in [2.75, 3.05) is 40.3 Å². The molecule has 0 saturated carbocycles. The molecule has 33 nitrogen and oxygen atoms in total. The van der Waals surface area contributed by atoms with Crippen LogP contribution in [0.25, 0.3) is 0 Å². The Balaban J connectivity index is 0. The van der Waals surface area contributed by atoms with Gasteiger partial charge in [0.1, 0.15) is 5.69 Å². The average Bonchev–Trinajstić information content (AvgIpc) is 4.21. The number of hydrogen-bond acceptors (Lipinski definition) is 16.